The molecular weight excluding hydrogens is 264 g/mol. The molecule has 0 bridgehead atoms. The molecule has 0 aromatic carbocycles. The van der Waals surface area contributed by atoms with E-state index in [0.29, 0.717) is 18.1 Å². The summed E-state index contributed by atoms with van der Waals surface area (Å²) in [6.07, 6.45) is 8.21. The van der Waals surface area contributed by atoms with E-state index >= 15 is 0 Å². The lowest BCUT2D eigenvalue weighted by Crippen LogP contribution is -2.11. The van der Waals surface area contributed by atoms with Gasteiger partial charge in [-0.25, -0.2) is 0 Å². The van der Waals surface area contributed by atoms with Gasteiger partial charge in [-0.05, 0) is 24.8 Å². The number of aromatic nitrogens is 3. The zero-order chi connectivity index (χ0) is 14.8. The lowest BCUT2D eigenvalue weighted by molar-refractivity contribution is 0.412. The summed E-state index contributed by atoms with van der Waals surface area (Å²) in [5, 5.41) is 24.7. The molecule has 2 aromatic heterocycles. The molecule has 0 amide bonds. The van der Waals surface area contributed by atoms with E-state index in [1.165, 1.54) is 12.8 Å². The predicted molar refractivity (Wildman–Crippen MR) is 80.5 cm³/mol. The van der Waals surface area contributed by atoms with Gasteiger partial charge in [0.1, 0.15) is 5.82 Å². The average Bonchev–Trinajstić information content (AvgIpc) is 3.04. The highest BCUT2D eigenvalue weighted by atomic mass is 15.3. The molecule has 0 spiro atoms. The van der Waals surface area contributed by atoms with E-state index in [-0.39, 0.29) is 6.04 Å². The first-order valence-electron chi connectivity index (χ1n) is 7.10. The maximum Gasteiger partial charge on any atom is 0.112 e. The van der Waals surface area contributed by atoms with Crippen LogP contribution in [0.5, 0.6) is 0 Å². The number of nitrogens with zero attached hydrogens (tertiary/aromatic N) is 3. The van der Waals surface area contributed by atoms with E-state index in [9.17, 15) is 0 Å². The van der Waals surface area contributed by atoms with Gasteiger partial charge in [-0.3, -0.25) is 10.1 Å². The standard InChI is InChI=1S/C15H18N6/c1-18-15-12(5-7-19-15)14(17)11-8-20-21(9-11)13(4-6-16)10-2-3-10/h5,7-10,13,17-19H,2-4H2,1H3. The van der Waals surface area contributed by atoms with Gasteiger partial charge >= 0.3 is 0 Å². The van der Waals surface area contributed by atoms with Crippen LogP contribution in [-0.2, 0) is 0 Å². The highest BCUT2D eigenvalue weighted by Crippen LogP contribution is 2.41. The van der Waals surface area contributed by atoms with E-state index in [4.69, 9.17) is 10.7 Å². The number of anilines is 1. The summed E-state index contributed by atoms with van der Waals surface area (Å²) in [6.45, 7) is 0. The van der Waals surface area contributed by atoms with E-state index in [0.717, 1.165) is 16.9 Å². The number of nitriles is 1. The molecule has 6 heteroatoms. The van der Waals surface area contributed by atoms with Crippen molar-refractivity contribution in [1.29, 1.82) is 10.7 Å². The van der Waals surface area contributed by atoms with Gasteiger partial charge in [-0.15, -0.1) is 0 Å². The molecule has 1 fully saturated rings. The van der Waals surface area contributed by atoms with Crippen molar-refractivity contribution >= 4 is 11.5 Å². The fourth-order valence-corrected chi connectivity index (χ4v) is 2.64. The maximum atomic E-state index is 8.96. The zero-order valence-electron chi connectivity index (χ0n) is 11.9. The summed E-state index contributed by atoms with van der Waals surface area (Å²) >= 11 is 0. The Labute approximate surface area is 123 Å². The quantitative estimate of drug-likeness (QED) is 0.711. The summed E-state index contributed by atoms with van der Waals surface area (Å²) in [4.78, 5) is 3.06. The monoisotopic (exact) mass is 282 g/mol. The van der Waals surface area contributed by atoms with Gasteiger partial charge in [-0.1, -0.05) is 0 Å². The van der Waals surface area contributed by atoms with E-state index in [2.05, 4.69) is 21.5 Å². The fourth-order valence-electron chi connectivity index (χ4n) is 2.64. The molecular formula is C15H18N6. The van der Waals surface area contributed by atoms with Crippen LogP contribution in [0.4, 0.5) is 5.82 Å². The van der Waals surface area contributed by atoms with Crippen LogP contribution >= 0.6 is 0 Å². The second kappa shape index (κ2) is 5.44. The van der Waals surface area contributed by atoms with Crippen LogP contribution < -0.4 is 5.32 Å². The molecule has 3 N–H and O–H groups in total. The van der Waals surface area contributed by atoms with Crippen molar-refractivity contribution in [2.75, 3.05) is 12.4 Å². The van der Waals surface area contributed by atoms with Crippen LogP contribution in [0.25, 0.3) is 0 Å². The number of rotatable bonds is 6. The van der Waals surface area contributed by atoms with E-state index in [1.54, 1.807) is 6.20 Å². The summed E-state index contributed by atoms with van der Waals surface area (Å²) in [5.74, 6) is 1.38. The normalized spacial score (nSPS) is 15.4. The summed E-state index contributed by atoms with van der Waals surface area (Å²) in [5.41, 5.74) is 2.02. The number of hydrogen-bond acceptors (Lipinski definition) is 4. The fraction of sp³-hybridized carbons (Fsp3) is 0.400. The predicted octanol–water partition coefficient (Wildman–Crippen LogP) is 2.53. The Morgan fingerprint density at radius 2 is 2.48 bits per heavy atom. The van der Waals surface area contributed by atoms with Crippen LogP contribution in [0.2, 0.25) is 0 Å². The number of nitrogens with one attached hydrogen (secondary N) is 3. The van der Waals surface area contributed by atoms with Crippen molar-refractivity contribution in [3.63, 3.8) is 0 Å². The minimum absolute atomic E-state index is 0.145. The topological polar surface area (TPSA) is 93.3 Å². The maximum absolute atomic E-state index is 8.96. The van der Waals surface area contributed by atoms with Crippen LogP contribution in [0.1, 0.15) is 36.4 Å². The Hall–Kier alpha value is -2.55. The zero-order valence-corrected chi connectivity index (χ0v) is 11.9. The molecule has 6 nitrogen and oxygen atoms in total. The van der Waals surface area contributed by atoms with Crippen LogP contribution in [-0.4, -0.2) is 27.5 Å². The van der Waals surface area contributed by atoms with Crippen molar-refractivity contribution in [3.05, 3.63) is 35.8 Å². The van der Waals surface area contributed by atoms with E-state index in [1.807, 2.05) is 30.2 Å². The van der Waals surface area contributed by atoms with Gasteiger partial charge < -0.3 is 10.3 Å². The molecule has 2 aromatic rings. The van der Waals surface area contributed by atoms with E-state index < -0.39 is 0 Å². The molecule has 2 heterocycles. The number of hydrogen-bond donors (Lipinski definition) is 3. The molecule has 1 unspecified atom stereocenters. The summed E-state index contributed by atoms with van der Waals surface area (Å²) < 4.78 is 1.86. The lowest BCUT2D eigenvalue weighted by Gasteiger charge is -2.12. The third-order valence-corrected chi connectivity index (χ3v) is 3.96. The Balaban J connectivity index is 1.84. The first kappa shape index (κ1) is 13.4. The molecule has 0 aliphatic heterocycles. The largest absolute Gasteiger partial charge is 0.374 e. The smallest absolute Gasteiger partial charge is 0.112 e. The number of H-pyrrole nitrogens is 1. The van der Waals surface area contributed by atoms with Crippen molar-refractivity contribution in [2.24, 2.45) is 5.92 Å². The molecule has 1 aliphatic rings. The Kier molecular flexibility index (Phi) is 3.48. The van der Waals surface area contributed by atoms with Gasteiger partial charge in [0.15, 0.2) is 0 Å². The molecule has 1 saturated carbocycles. The first-order valence-corrected chi connectivity index (χ1v) is 7.10. The van der Waals surface area contributed by atoms with Gasteiger partial charge in [0.25, 0.3) is 0 Å². The van der Waals surface area contributed by atoms with Crippen molar-refractivity contribution in [2.45, 2.75) is 25.3 Å². The SMILES string of the molecule is CNc1[nH]ccc1C(=N)c1cnn(C(CC#N)C2CC2)c1. The second-order valence-electron chi connectivity index (χ2n) is 5.37. The van der Waals surface area contributed by atoms with Crippen LogP contribution in [0.3, 0.4) is 0 Å². The minimum Gasteiger partial charge on any atom is -0.374 e. The number of aromatic amines is 1. The Morgan fingerprint density at radius 3 is 3.14 bits per heavy atom. The highest BCUT2D eigenvalue weighted by Gasteiger charge is 2.33. The summed E-state index contributed by atoms with van der Waals surface area (Å²) in [6, 6.07) is 4.26. The Bertz CT molecular complexity index is 685. The summed E-state index contributed by atoms with van der Waals surface area (Å²) in [7, 11) is 1.82. The Morgan fingerprint density at radius 1 is 1.67 bits per heavy atom. The lowest BCUT2D eigenvalue weighted by atomic mass is 10.1. The molecule has 3 rings (SSSR count). The van der Waals surface area contributed by atoms with Gasteiger partial charge in [-0.2, -0.15) is 10.4 Å². The first-order chi connectivity index (χ1) is 10.2. The van der Waals surface area contributed by atoms with Crippen molar-refractivity contribution < 1.29 is 0 Å². The molecule has 1 atom stereocenters. The second-order valence-corrected chi connectivity index (χ2v) is 5.37. The average molecular weight is 282 g/mol. The van der Waals surface area contributed by atoms with Gasteiger partial charge in [0.05, 0.1) is 30.4 Å². The van der Waals surface area contributed by atoms with Crippen LogP contribution in [0, 0.1) is 22.7 Å². The molecule has 0 saturated heterocycles. The molecule has 21 heavy (non-hydrogen) atoms. The molecule has 0 radical (unpaired) electrons. The van der Waals surface area contributed by atoms with Gasteiger partial charge in [0.2, 0.25) is 0 Å². The van der Waals surface area contributed by atoms with Crippen molar-refractivity contribution in [3.8, 4) is 6.07 Å². The third kappa shape index (κ3) is 2.55. The highest BCUT2D eigenvalue weighted by molar-refractivity contribution is 6.13. The molecule has 108 valence electrons. The minimum atomic E-state index is 0.145. The third-order valence-electron chi connectivity index (χ3n) is 3.96. The van der Waals surface area contributed by atoms with Crippen molar-refractivity contribution in [1.82, 2.24) is 14.8 Å². The van der Waals surface area contributed by atoms with Gasteiger partial charge in [0, 0.05) is 30.6 Å². The molecule has 1 aliphatic carbocycles. The van der Waals surface area contributed by atoms with Crippen LogP contribution in [0.15, 0.2) is 24.7 Å².